The molecule has 1 fully saturated rings. The van der Waals surface area contributed by atoms with E-state index in [1.807, 2.05) is 0 Å². The standard InChI is InChI=1S/C9H10BFO3/c11-8-6(9(12)4-5-9)2-1-3-7(8)10(13)14/h1-3,12-14H,4-5H2. The van der Waals surface area contributed by atoms with Gasteiger partial charge in [0.1, 0.15) is 5.82 Å². The van der Waals surface area contributed by atoms with Crippen LogP contribution in [-0.2, 0) is 5.60 Å². The number of hydrogen-bond donors (Lipinski definition) is 3. The summed E-state index contributed by atoms with van der Waals surface area (Å²) in [4.78, 5) is 0. The Morgan fingerprint density at radius 3 is 2.43 bits per heavy atom. The van der Waals surface area contributed by atoms with Crippen molar-refractivity contribution in [1.29, 1.82) is 0 Å². The molecule has 1 aromatic rings. The Kier molecular flexibility index (Phi) is 2.10. The Labute approximate surface area is 81.0 Å². The number of rotatable bonds is 2. The van der Waals surface area contributed by atoms with E-state index in [1.54, 1.807) is 0 Å². The van der Waals surface area contributed by atoms with Gasteiger partial charge in [0.25, 0.3) is 0 Å². The monoisotopic (exact) mass is 196 g/mol. The predicted molar refractivity (Wildman–Crippen MR) is 49.4 cm³/mol. The summed E-state index contributed by atoms with van der Waals surface area (Å²) >= 11 is 0. The van der Waals surface area contributed by atoms with Gasteiger partial charge in [-0.25, -0.2) is 4.39 Å². The van der Waals surface area contributed by atoms with E-state index in [4.69, 9.17) is 10.0 Å². The zero-order chi connectivity index (χ0) is 10.3. The van der Waals surface area contributed by atoms with Gasteiger partial charge in [-0.1, -0.05) is 18.2 Å². The largest absolute Gasteiger partial charge is 0.491 e. The van der Waals surface area contributed by atoms with Crippen LogP contribution in [0.2, 0.25) is 0 Å². The summed E-state index contributed by atoms with van der Waals surface area (Å²) < 4.78 is 13.6. The van der Waals surface area contributed by atoms with Crippen molar-refractivity contribution in [1.82, 2.24) is 0 Å². The minimum absolute atomic E-state index is 0.156. The van der Waals surface area contributed by atoms with Crippen LogP contribution in [0.25, 0.3) is 0 Å². The van der Waals surface area contributed by atoms with E-state index in [2.05, 4.69) is 0 Å². The maximum absolute atomic E-state index is 13.6. The van der Waals surface area contributed by atoms with Gasteiger partial charge in [-0.2, -0.15) is 0 Å². The molecule has 0 heterocycles. The molecular weight excluding hydrogens is 186 g/mol. The van der Waals surface area contributed by atoms with Gasteiger partial charge in [-0.05, 0) is 12.8 Å². The van der Waals surface area contributed by atoms with Crippen molar-refractivity contribution < 1.29 is 19.5 Å². The van der Waals surface area contributed by atoms with E-state index < -0.39 is 18.5 Å². The summed E-state index contributed by atoms with van der Waals surface area (Å²) in [6.07, 6.45) is 1.05. The van der Waals surface area contributed by atoms with E-state index in [-0.39, 0.29) is 11.0 Å². The summed E-state index contributed by atoms with van der Waals surface area (Å²) in [5, 5.41) is 27.4. The third-order valence-electron chi connectivity index (χ3n) is 2.53. The molecule has 1 saturated carbocycles. The van der Waals surface area contributed by atoms with E-state index in [0.717, 1.165) is 0 Å². The summed E-state index contributed by atoms with van der Waals surface area (Å²) in [6, 6.07) is 4.26. The third-order valence-corrected chi connectivity index (χ3v) is 2.53. The van der Waals surface area contributed by atoms with Crippen molar-refractivity contribution in [2.45, 2.75) is 18.4 Å². The molecule has 74 valence electrons. The molecule has 0 atom stereocenters. The van der Waals surface area contributed by atoms with E-state index in [9.17, 15) is 9.50 Å². The number of halogens is 1. The smallest absolute Gasteiger partial charge is 0.423 e. The fraction of sp³-hybridized carbons (Fsp3) is 0.333. The lowest BCUT2D eigenvalue weighted by Crippen LogP contribution is -2.34. The van der Waals surface area contributed by atoms with Crippen LogP contribution in [0.15, 0.2) is 18.2 Å². The second-order valence-electron chi connectivity index (χ2n) is 3.61. The third kappa shape index (κ3) is 1.43. The minimum atomic E-state index is -1.84. The van der Waals surface area contributed by atoms with Crippen LogP contribution in [-0.4, -0.2) is 22.3 Å². The van der Waals surface area contributed by atoms with Gasteiger partial charge in [-0.15, -0.1) is 0 Å². The Balaban J connectivity index is 2.47. The molecule has 0 amide bonds. The normalized spacial score (nSPS) is 18.0. The van der Waals surface area contributed by atoms with Crippen LogP contribution >= 0.6 is 0 Å². The molecule has 14 heavy (non-hydrogen) atoms. The Morgan fingerprint density at radius 1 is 1.29 bits per heavy atom. The lowest BCUT2D eigenvalue weighted by molar-refractivity contribution is 0.147. The van der Waals surface area contributed by atoms with Crippen LogP contribution in [0.3, 0.4) is 0 Å². The lowest BCUT2D eigenvalue weighted by Gasteiger charge is -2.11. The second-order valence-corrected chi connectivity index (χ2v) is 3.61. The van der Waals surface area contributed by atoms with Crippen molar-refractivity contribution in [3.63, 3.8) is 0 Å². The molecular formula is C9H10BFO3. The Hall–Kier alpha value is -0.905. The topological polar surface area (TPSA) is 60.7 Å². The van der Waals surface area contributed by atoms with Crippen molar-refractivity contribution in [3.05, 3.63) is 29.6 Å². The van der Waals surface area contributed by atoms with Gasteiger partial charge in [0.15, 0.2) is 0 Å². The maximum atomic E-state index is 13.6. The summed E-state index contributed by atoms with van der Waals surface area (Å²) in [6.45, 7) is 0. The molecule has 0 saturated heterocycles. The molecule has 1 aliphatic carbocycles. The first-order valence-electron chi connectivity index (χ1n) is 4.42. The van der Waals surface area contributed by atoms with Crippen molar-refractivity contribution in [2.24, 2.45) is 0 Å². The molecule has 1 aliphatic rings. The van der Waals surface area contributed by atoms with Gasteiger partial charge in [-0.3, -0.25) is 0 Å². The quantitative estimate of drug-likeness (QED) is 0.558. The molecule has 1 aromatic carbocycles. The van der Waals surface area contributed by atoms with Gasteiger partial charge in [0.05, 0.1) is 5.60 Å². The Morgan fingerprint density at radius 2 is 1.93 bits per heavy atom. The van der Waals surface area contributed by atoms with Crippen molar-refractivity contribution in [3.8, 4) is 0 Å². The first-order chi connectivity index (χ1) is 6.54. The number of aliphatic hydroxyl groups is 1. The van der Waals surface area contributed by atoms with Crippen LogP contribution < -0.4 is 5.46 Å². The van der Waals surface area contributed by atoms with E-state index in [1.165, 1.54) is 18.2 Å². The molecule has 0 spiro atoms. The highest BCUT2D eigenvalue weighted by Gasteiger charge is 2.44. The van der Waals surface area contributed by atoms with Crippen LogP contribution in [0.4, 0.5) is 4.39 Å². The van der Waals surface area contributed by atoms with Gasteiger partial charge in [0, 0.05) is 11.0 Å². The van der Waals surface area contributed by atoms with Gasteiger partial charge >= 0.3 is 7.12 Å². The minimum Gasteiger partial charge on any atom is -0.423 e. The molecule has 3 nitrogen and oxygen atoms in total. The first-order valence-corrected chi connectivity index (χ1v) is 4.42. The Bertz CT molecular complexity index is 363. The van der Waals surface area contributed by atoms with Crippen LogP contribution in [0.1, 0.15) is 18.4 Å². The van der Waals surface area contributed by atoms with Gasteiger partial charge in [0.2, 0.25) is 0 Å². The number of hydrogen-bond acceptors (Lipinski definition) is 3. The van der Waals surface area contributed by atoms with Gasteiger partial charge < -0.3 is 15.2 Å². The fourth-order valence-corrected chi connectivity index (χ4v) is 1.50. The number of benzene rings is 1. The molecule has 5 heteroatoms. The average molecular weight is 196 g/mol. The zero-order valence-electron chi connectivity index (χ0n) is 7.44. The zero-order valence-corrected chi connectivity index (χ0v) is 7.44. The molecule has 0 bridgehead atoms. The summed E-state index contributed by atoms with van der Waals surface area (Å²) in [5.41, 5.74) is -1.12. The molecule has 0 aromatic heterocycles. The predicted octanol–water partition coefficient (Wildman–Crippen LogP) is -0.513. The first kappa shape index (κ1) is 9.64. The van der Waals surface area contributed by atoms with Crippen LogP contribution in [0.5, 0.6) is 0 Å². The fourth-order valence-electron chi connectivity index (χ4n) is 1.50. The molecule has 2 rings (SSSR count). The second kappa shape index (κ2) is 3.05. The van der Waals surface area contributed by atoms with Crippen molar-refractivity contribution >= 4 is 12.6 Å². The summed E-state index contributed by atoms with van der Waals surface area (Å²) in [7, 11) is -1.84. The average Bonchev–Trinajstić information content (AvgIpc) is 2.84. The highest BCUT2D eigenvalue weighted by molar-refractivity contribution is 6.58. The SMILES string of the molecule is OB(O)c1cccc(C2(O)CC2)c1F. The molecule has 0 unspecified atom stereocenters. The maximum Gasteiger partial charge on any atom is 0.491 e. The summed E-state index contributed by atoms with van der Waals surface area (Å²) in [5.74, 6) is -0.720. The highest BCUT2D eigenvalue weighted by Crippen LogP contribution is 2.45. The lowest BCUT2D eigenvalue weighted by atomic mass is 9.78. The van der Waals surface area contributed by atoms with E-state index in [0.29, 0.717) is 12.8 Å². The van der Waals surface area contributed by atoms with Crippen molar-refractivity contribution in [2.75, 3.05) is 0 Å². The van der Waals surface area contributed by atoms with E-state index >= 15 is 0 Å². The molecule has 3 N–H and O–H groups in total. The molecule has 0 aliphatic heterocycles. The van der Waals surface area contributed by atoms with Crippen LogP contribution in [0, 0.1) is 5.82 Å². The molecule has 0 radical (unpaired) electrons. The highest BCUT2D eigenvalue weighted by atomic mass is 19.1.